The van der Waals surface area contributed by atoms with Crippen molar-refractivity contribution < 1.29 is 23.1 Å². The Labute approximate surface area is 103 Å². The first-order chi connectivity index (χ1) is 8.21. The fourth-order valence-electron chi connectivity index (χ4n) is 1.43. The fraction of sp³-hybridized carbons (Fsp3) is 0.417. The molecule has 0 fully saturated rings. The summed E-state index contributed by atoms with van der Waals surface area (Å²) in [6, 6.07) is 3.24. The van der Waals surface area contributed by atoms with E-state index in [1.165, 1.54) is 12.1 Å². The van der Waals surface area contributed by atoms with Gasteiger partial charge in [-0.25, -0.2) is 0 Å². The number of carboxylic acids is 1. The molecule has 0 saturated carbocycles. The normalized spacial score (nSPS) is 13.4. The highest BCUT2D eigenvalue weighted by atomic mass is 19.4. The zero-order valence-electron chi connectivity index (χ0n) is 9.91. The third-order valence-corrected chi connectivity index (χ3v) is 2.45. The van der Waals surface area contributed by atoms with Gasteiger partial charge in [-0.05, 0) is 30.2 Å². The molecule has 0 aliphatic heterocycles. The molecule has 0 amide bonds. The van der Waals surface area contributed by atoms with Crippen LogP contribution in [0, 0.1) is 5.92 Å². The molecule has 1 unspecified atom stereocenters. The lowest BCUT2D eigenvalue weighted by Crippen LogP contribution is -2.44. The summed E-state index contributed by atoms with van der Waals surface area (Å²) in [7, 11) is 0. The molecule has 0 saturated heterocycles. The maximum Gasteiger partial charge on any atom is 0.416 e. The predicted molar refractivity (Wildman–Crippen MR) is 58.7 cm³/mol. The first-order valence-corrected chi connectivity index (χ1v) is 5.36. The highest BCUT2D eigenvalue weighted by Gasteiger charge is 2.30. The van der Waals surface area contributed by atoms with Crippen molar-refractivity contribution in [1.82, 2.24) is 0 Å². The Morgan fingerprint density at radius 3 is 2.06 bits per heavy atom. The van der Waals surface area contributed by atoms with Crippen LogP contribution in [0.5, 0.6) is 0 Å². The second-order valence-corrected chi connectivity index (χ2v) is 4.26. The smallest absolute Gasteiger partial charge is 0.416 e. The number of carboxylic acid groups (broad SMARTS) is 1. The molecule has 1 aromatic rings. The van der Waals surface area contributed by atoms with Gasteiger partial charge in [-0.3, -0.25) is 0 Å². The minimum atomic E-state index is -4.40. The summed E-state index contributed by atoms with van der Waals surface area (Å²) < 4.78 is 36.9. The third-order valence-electron chi connectivity index (χ3n) is 2.45. The highest BCUT2D eigenvalue weighted by Crippen LogP contribution is 2.30. The Morgan fingerprint density at radius 1 is 1.22 bits per heavy atom. The maximum absolute atomic E-state index is 12.3. The molecule has 0 aliphatic carbocycles. The van der Waals surface area contributed by atoms with Crippen molar-refractivity contribution in [2.24, 2.45) is 5.92 Å². The highest BCUT2D eigenvalue weighted by molar-refractivity contribution is 5.75. The third kappa shape index (κ3) is 3.65. The Morgan fingerprint density at radius 2 is 1.72 bits per heavy atom. The van der Waals surface area contributed by atoms with Crippen LogP contribution in [-0.2, 0) is 11.0 Å². The van der Waals surface area contributed by atoms with E-state index < -0.39 is 23.8 Å². The summed E-state index contributed by atoms with van der Waals surface area (Å²) in [5.74, 6) is -1.53. The van der Waals surface area contributed by atoms with Gasteiger partial charge in [-0.2, -0.15) is 13.2 Å². The van der Waals surface area contributed by atoms with E-state index in [9.17, 15) is 23.1 Å². The topological polar surface area (TPSA) is 52.2 Å². The van der Waals surface area contributed by atoms with Gasteiger partial charge in [0.1, 0.15) is 0 Å². The van der Waals surface area contributed by atoms with Gasteiger partial charge in [0.25, 0.3) is 0 Å². The van der Waals surface area contributed by atoms with Crippen molar-refractivity contribution in [3.8, 4) is 0 Å². The van der Waals surface area contributed by atoms with E-state index in [-0.39, 0.29) is 5.92 Å². The molecule has 1 aromatic carbocycles. The summed E-state index contributed by atoms with van der Waals surface area (Å²) in [4.78, 5) is 10.8. The predicted octanol–water partition coefficient (Wildman–Crippen LogP) is 1.89. The number of carbonyl (C=O) groups is 1. The van der Waals surface area contributed by atoms with Crippen LogP contribution in [0.15, 0.2) is 24.3 Å². The minimum absolute atomic E-state index is 0.239. The van der Waals surface area contributed by atoms with E-state index in [4.69, 9.17) is 0 Å². The average molecular weight is 260 g/mol. The number of benzene rings is 1. The van der Waals surface area contributed by atoms with Gasteiger partial charge in [0.15, 0.2) is 0 Å². The fourth-order valence-corrected chi connectivity index (χ4v) is 1.43. The Bertz CT molecular complexity index is 412. The summed E-state index contributed by atoms with van der Waals surface area (Å²) in [5.41, 5.74) is -0.464. The van der Waals surface area contributed by atoms with Crippen molar-refractivity contribution in [2.45, 2.75) is 26.1 Å². The second-order valence-electron chi connectivity index (χ2n) is 4.26. The van der Waals surface area contributed by atoms with E-state index in [1.54, 1.807) is 13.8 Å². The molecule has 1 rings (SSSR count). The van der Waals surface area contributed by atoms with E-state index in [1.807, 2.05) is 0 Å². The van der Waals surface area contributed by atoms with E-state index in [0.29, 0.717) is 5.69 Å². The van der Waals surface area contributed by atoms with Crippen molar-refractivity contribution in [3.05, 3.63) is 29.8 Å². The quantitative estimate of drug-likeness (QED) is 0.899. The lowest BCUT2D eigenvalue weighted by atomic mass is 10.0. The van der Waals surface area contributed by atoms with Crippen molar-refractivity contribution in [2.75, 3.05) is 5.32 Å². The minimum Gasteiger partial charge on any atom is -0.548 e. The molecule has 0 aromatic heterocycles. The number of nitrogens with one attached hydrogen (secondary N) is 1. The van der Waals surface area contributed by atoms with Gasteiger partial charge in [0.05, 0.1) is 17.6 Å². The van der Waals surface area contributed by atoms with Gasteiger partial charge in [-0.15, -0.1) is 0 Å². The summed E-state index contributed by atoms with van der Waals surface area (Å²) >= 11 is 0. The van der Waals surface area contributed by atoms with Crippen LogP contribution in [0.4, 0.5) is 18.9 Å². The van der Waals surface area contributed by atoms with Crippen molar-refractivity contribution >= 4 is 11.7 Å². The van der Waals surface area contributed by atoms with E-state index >= 15 is 0 Å². The molecule has 100 valence electrons. The lowest BCUT2D eigenvalue weighted by Gasteiger charge is -2.24. The molecule has 3 nitrogen and oxygen atoms in total. The van der Waals surface area contributed by atoms with Gasteiger partial charge in [0.2, 0.25) is 0 Å². The van der Waals surface area contributed by atoms with Crippen LogP contribution in [-0.4, -0.2) is 12.0 Å². The average Bonchev–Trinajstić information content (AvgIpc) is 2.24. The second kappa shape index (κ2) is 5.29. The van der Waals surface area contributed by atoms with Gasteiger partial charge < -0.3 is 15.2 Å². The first kappa shape index (κ1) is 14.3. The SMILES string of the molecule is CC(C)C(Nc1ccc(C(F)(F)F)cc1)C(=O)[O-]. The monoisotopic (exact) mass is 260 g/mol. The molecule has 0 spiro atoms. The van der Waals surface area contributed by atoms with Crippen LogP contribution in [0.2, 0.25) is 0 Å². The van der Waals surface area contributed by atoms with Crippen LogP contribution in [0.25, 0.3) is 0 Å². The zero-order valence-corrected chi connectivity index (χ0v) is 9.91. The van der Waals surface area contributed by atoms with Gasteiger partial charge in [-0.1, -0.05) is 13.8 Å². The van der Waals surface area contributed by atoms with Crippen LogP contribution >= 0.6 is 0 Å². The molecule has 1 N–H and O–H groups in total. The van der Waals surface area contributed by atoms with Crippen LogP contribution < -0.4 is 10.4 Å². The number of aliphatic carboxylic acids is 1. The van der Waals surface area contributed by atoms with Crippen molar-refractivity contribution in [3.63, 3.8) is 0 Å². The lowest BCUT2D eigenvalue weighted by molar-refractivity contribution is -0.307. The molecule has 0 bridgehead atoms. The Hall–Kier alpha value is -1.72. The van der Waals surface area contributed by atoms with E-state index in [0.717, 1.165) is 12.1 Å². The number of halogens is 3. The maximum atomic E-state index is 12.3. The van der Waals surface area contributed by atoms with Gasteiger partial charge in [0, 0.05) is 5.69 Å². The number of alkyl halides is 3. The zero-order chi connectivity index (χ0) is 13.9. The standard InChI is InChI=1S/C12H14F3NO2/c1-7(2)10(11(17)18)16-9-5-3-8(4-6-9)12(13,14)15/h3-7,10,16H,1-2H3,(H,17,18)/p-1. The molecule has 6 heteroatoms. The molecule has 0 heterocycles. The van der Waals surface area contributed by atoms with Crippen LogP contribution in [0.3, 0.4) is 0 Å². The molecular weight excluding hydrogens is 247 g/mol. The summed E-state index contributed by atoms with van der Waals surface area (Å²) in [6.45, 7) is 3.36. The summed E-state index contributed by atoms with van der Waals surface area (Å²) in [5, 5.41) is 13.4. The molecule has 0 aliphatic rings. The Balaban J connectivity index is 2.83. The molecular formula is C12H13F3NO2-. The number of hydrogen-bond acceptors (Lipinski definition) is 3. The number of hydrogen-bond donors (Lipinski definition) is 1. The number of anilines is 1. The Kier molecular flexibility index (Phi) is 4.21. The van der Waals surface area contributed by atoms with E-state index in [2.05, 4.69) is 5.32 Å². The molecule has 1 atom stereocenters. The van der Waals surface area contributed by atoms with Crippen LogP contribution in [0.1, 0.15) is 19.4 Å². The molecule has 0 radical (unpaired) electrons. The number of carbonyl (C=O) groups excluding carboxylic acids is 1. The summed E-state index contributed by atoms with van der Waals surface area (Å²) in [6.07, 6.45) is -4.40. The first-order valence-electron chi connectivity index (χ1n) is 5.36. The molecule has 18 heavy (non-hydrogen) atoms. The van der Waals surface area contributed by atoms with Gasteiger partial charge >= 0.3 is 6.18 Å². The van der Waals surface area contributed by atoms with Crippen molar-refractivity contribution in [1.29, 1.82) is 0 Å². The number of rotatable bonds is 4. The largest absolute Gasteiger partial charge is 0.548 e.